The number of hydrogen-bond donors (Lipinski definition) is 2. The van der Waals surface area contributed by atoms with Crippen LogP contribution >= 0.6 is 23.2 Å². The molecule has 0 bridgehead atoms. The predicted molar refractivity (Wildman–Crippen MR) is 103 cm³/mol. The summed E-state index contributed by atoms with van der Waals surface area (Å²) in [6.45, 7) is 6.67. The number of H-pyrrole nitrogens is 1. The summed E-state index contributed by atoms with van der Waals surface area (Å²) in [6, 6.07) is 6.73. The van der Waals surface area contributed by atoms with Gasteiger partial charge in [-0.1, -0.05) is 29.3 Å². The largest absolute Gasteiger partial charge is 0.344 e. The summed E-state index contributed by atoms with van der Waals surface area (Å²) in [4.78, 5) is 12.5. The molecule has 0 aliphatic carbocycles. The van der Waals surface area contributed by atoms with E-state index in [0.29, 0.717) is 21.4 Å². The number of aryl methyl sites for hydroxylation is 2. The summed E-state index contributed by atoms with van der Waals surface area (Å²) in [7, 11) is 0. The fourth-order valence-electron chi connectivity index (χ4n) is 2.71. The molecule has 0 radical (unpaired) electrons. The molecule has 3 rings (SSSR count). The fourth-order valence-corrected chi connectivity index (χ4v) is 3.01. The highest BCUT2D eigenvalue weighted by Crippen LogP contribution is 2.28. The lowest BCUT2D eigenvalue weighted by Gasteiger charge is -2.12. The van der Waals surface area contributed by atoms with Crippen LogP contribution in [-0.4, -0.2) is 25.9 Å². The second kappa shape index (κ2) is 7.51. The number of amides is 1. The molecule has 1 aromatic carbocycles. The van der Waals surface area contributed by atoms with E-state index in [-0.39, 0.29) is 11.9 Å². The lowest BCUT2D eigenvalue weighted by Crippen LogP contribution is -2.27. The first-order valence-corrected chi connectivity index (χ1v) is 9.00. The highest BCUT2D eigenvalue weighted by molar-refractivity contribution is 6.42. The molecule has 8 heteroatoms. The lowest BCUT2D eigenvalue weighted by molar-refractivity contribution is 0.0934. The van der Waals surface area contributed by atoms with Crippen molar-refractivity contribution in [2.45, 2.75) is 33.4 Å². The molecule has 2 aromatic heterocycles. The summed E-state index contributed by atoms with van der Waals surface area (Å²) < 4.78 is 1.85. The molecule has 0 aliphatic rings. The van der Waals surface area contributed by atoms with E-state index >= 15 is 0 Å². The Balaban J connectivity index is 1.75. The number of benzene rings is 1. The number of aromatic nitrogens is 4. The molecular weight excluding hydrogens is 373 g/mol. The Morgan fingerprint density at radius 2 is 2.08 bits per heavy atom. The number of carbonyl (C=O) groups excluding carboxylic acids is 1. The average molecular weight is 392 g/mol. The first kappa shape index (κ1) is 18.5. The van der Waals surface area contributed by atoms with Gasteiger partial charge in [0.05, 0.1) is 27.5 Å². The molecule has 0 spiro atoms. The van der Waals surface area contributed by atoms with Gasteiger partial charge in [-0.05, 0) is 39.0 Å². The van der Waals surface area contributed by atoms with Crippen molar-refractivity contribution in [2.24, 2.45) is 0 Å². The molecule has 2 N–H and O–H groups in total. The lowest BCUT2D eigenvalue weighted by atomic mass is 10.1. The zero-order chi connectivity index (χ0) is 18.8. The number of rotatable bonds is 5. The second-order valence-electron chi connectivity index (χ2n) is 6.02. The third-order valence-corrected chi connectivity index (χ3v) is 4.90. The number of carbonyl (C=O) groups is 1. The summed E-state index contributed by atoms with van der Waals surface area (Å²) in [5.41, 5.74) is 3.67. The molecule has 0 saturated carbocycles. The van der Waals surface area contributed by atoms with Crippen LogP contribution in [0.3, 0.4) is 0 Å². The minimum absolute atomic E-state index is 0.167. The molecule has 1 atom stereocenters. The van der Waals surface area contributed by atoms with Gasteiger partial charge in [0.1, 0.15) is 5.69 Å². The van der Waals surface area contributed by atoms with Gasteiger partial charge in [-0.3, -0.25) is 14.6 Å². The third-order valence-electron chi connectivity index (χ3n) is 4.16. The summed E-state index contributed by atoms with van der Waals surface area (Å²) in [5, 5.41) is 15.2. The maximum Gasteiger partial charge on any atom is 0.269 e. The van der Waals surface area contributed by atoms with Gasteiger partial charge in [0.25, 0.3) is 5.91 Å². The highest BCUT2D eigenvalue weighted by Gasteiger charge is 2.18. The van der Waals surface area contributed by atoms with Crippen molar-refractivity contribution in [2.75, 3.05) is 0 Å². The number of nitrogens with zero attached hydrogens (tertiary/aromatic N) is 3. The van der Waals surface area contributed by atoms with E-state index in [9.17, 15) is 4.79 Å². The Kier molecular flexibility index (Phi) is 5.34. The van der Waals surface area contributed by atoms with Crippen LogP contribution < -0.4 is 5.32 Å². The predicted octanol–water partition coefficient (Wildman–Crippen LogP) is 4.40. The van der Waals surface area contributed by atoms with Crippen LogP contribution in [0.5, 0.6) is 0 Å². The number of aromatic amines is 1. The van der Waals surface area contributed by atoms with Gasteiger partial charge in [-0.2, -0.15) is 10.2 Å². The first-order valence-electron chi connectivity index (χ1n) is 8.24. The SMILES string of the molecule is CCn1cc(C(C)NC(=O)c2cc(-c3ccc(Cl)c(Cl)c3)n[nH]2)c(C)n1. The number of nitrogens with one attached hydrogen (secondary N) is 2. The number of halogens is 2. The van der Waals surface area contributed by atoms with Gasteiger partial charge in [0, 0.05) is 23.9 Å². The molecule has 0 saturated heterocycles. The van der Waals surface area contributed by atoms with Crippen molar-refractivity contribution >= 4 is 29.1 Å². The Hall–Kier alpha value is -2.31. The second-order valence-corrected chi connectivity index (χ2v) is 6.83. The molecule has 136 valence electrons. The van der Waals surface area contributed by atoms with E-state index in [1.807, 2.05) is 31.6 Å². The van der Waals surface area contributed by atoms with E-state index in [2.05, 4.69) is 20.6 Å². The van der Waals surface area contributed by atoms with Crippen LogP contribution in [0, 0.1) is 6.92 Å². The molecule has 0 aliphatic heterocycles. The van der Waals surface area contributed by atoms with Crippen LogP contribution in [0.1, 0.15) is 41.6 Å². The minimum atomic E-state index is -0.236. The Morgan fingerprint density at radius 3 is 2.73 bits per heavy atom. The van der Waals surface area contributed by atoms with E-state index < -0.39 is 0 Å². The molecule has 2 heterocycles. The van der Waals surface area contributed by atoms with Crippen LogP contribution in [0.2, 0.25) is 10.0 Å². The van der Waals surface area contributed by atoms with Crippen molar-refractivity contribution in [3.05, 3.63) is 57.5 Å². The van der Waals surface area contributed by atoms with Gasteiger partial charge in [-0.15, -0.1) is 0 Å². The first-order chi connectivity index (χ1) is 12.4. The zero-order valence-corrected chi connectivity index (χ0v) is 16.2. The Morgan fingerprint density at radius 1 is 1.31 bits per heavy atom. The summed E-state index contributed by atoms with van der Waals surface area (Å²) in [6.07, 6.45) is 1.95. The number of hydrogen-bond acceptors (Lipinski definition) is 3. The van der Waals surface area contributed by atoms with E-state index in [0.717, 1.165) is 23.4 Å². The fraction of sp³-hybridized carbons (Fsp3) is 0.278. The molecule has 1 unspecified atom stereocenters. The monoisotopic (exact) mass is 391 g/mol. The molecular formula is C18H19Cl2N5O. The minimum Gasteiger partial charge on any atom is -0.344 e. The zero-order valence-electron chi connectivity index (χ0n) is 14.7. The van der Waals surface area contributed by atoms with Gasteiger partial charge >= 0.3 is 0 Å². The van der Waals surface area contributed by atoms with Crippen molar-refractivity contribution in [3.8, 4) is 11.3 Å². The summed E-state index contributed by atoms with van der Waals surface area (Å²) >= 11 is 12.0. The Labute approximate surface area is 161 Å². The Bertz CT molecular complexity index is 947. The van der Waals surface area contributed by atoms with Crippen molar-refractivity contribution in [1.29, 1.82) is 0 Å². The molecule has 6 nitrogen and oxygen atoms in total. The summed E-state index contributed by atoms with van der Waals surface area (Å²) in [5.74, 6) is -0.236. The van der Waals surface area contributed by atoms with Gasteiger partial charge in [0.2, 0.25) is 0 Å². The highest BCUT2D eigenvalue weighted by atomic mass is 35.5. The maximum atomic E-state index is 12.5. The van der Waals surface area contributed by atoms with Crippen LogP contribution in [0.15, 0.2) is 30.5 Å². The quantitative estimate of drug-likeness (QED) is 0.676. The molecule has 1 amide bonds. The van der Waals surface area contributed by atoms with Crippen LogP contribution in [0.4, 0.5) is 0 Å². The van der Waals surface area contributed by atoms with Gasteiger partial charge in [-0.25, -0.2) is 0 Å². The standard InChI is InChI=1S/C18H19Cl2N5O/c1-4-25-9-13(11(3)24-25)10(2)21-18(26)17-8-16(22-23-17)12-5-6-14(19)15(20)7-12/h5-10H,4H2,1-3H3,(H,21,26)(H,22,23). The maximum absolute atomic E-state index is 12.5. The third kappa shape index (κ3) is 3.76. The van der Waals surface area contributed by atoms with Crippen LogP contribution in [0.25, 0.3) is 11.3 Å². The molecule has 26 heavy (non-hydrogen) atoms. The van der Waals surface area contributed by atoms with Crippen molar-refractivity contribution in [1.82, 2.24) is 25.3 Å². The molecule has 0 fully saturated rings. The van der Waals surface area contributed by atoms with Crippen molar-refractivity contribution in [3.63, 3.8) is 0 Å². The smallest absolute Gasteiger partial charge is 0.269 e. The van der Waals surface area contributed by atoms with E-state index in [4.69, 9.17) is 23.2 Å². The van der Waals surface area contributed by atoms with Crippen molar-refractivity contribution < 1.29 is 4.79 Å². The average Bonchev–Trinajstić information content (AvgIpc) is 3.24. The van der Waals surface area contributed by atoms with E-state index in [1.54, 1.807) is 24.3 Å². The normalized spacial score (nSPS) is 12.2. The topological polar surface area (TPSA) is 75.6 Å². The van der Waals surface area contributed by atoms with Crippen LogP contribution in [-0.2, 0) is 6.54 Å². The van der Waals surface area contributed by atoms with Gasteiger partial charge < -0.3 is 5.32 Å². The van der Waals surface area contributed by atoms with Gasteiger partial charge in [0.15, 0.2) is 0 Å². The molecule has 3 aromatic rings. The van der Waals surface area contributed by atoms with E-state index in [1.165, 1.54) is 0 Å².